The highest BCUT2D eigenvalue weighted by Gasteiger charge is 2.50. The van der Waals surface area contributed by atoms with E-state index in [4.69, 9.17) is 20.9 Å². The average Bonchev–Trinajstić information content (AvgIpc) is 2.02. The Morgan fingerprint density at radius 3 is 1.83 bits per heavy atom. The van der Waals surface area contributed by atoms with Crippen molar-refractivity contribution in [3.63, 3.8) is 0 Å². The number of hydrogen-bond donors (Lipinski definition) is 0. The summed E-state index contributed by atoms with van der Waals surface area (Å²) in [6.45, 7) is 8.17. The fourth-order valence-corrected chi connectivity index (χ4v) is 1.35. The number of hydrogen-bond acceptors (Lipinski definition) is 2. The normalized spacial score (nSPS) is 26.2. The van der Waals surface area contributed by atoms with E-state index in [2.05, 4.69) is 0 Å². The predicted molar refractivity (Wildman–Crippen MR) is 51.6 cm³/mol. The van der Waals surface area contributed by atoms with Gasteiger partial charge in [-0.25, -0.2) is 0 Å². The van der Waals surface area contributed by atoms with Gasteiger partial charge in [0.15, 0.2) is 0 Å². The van der Waals surface area contributed by atoms with Gasteiger partial charge in [0, 0.05) is 5.88 Å². The quantitative estimate of drug-likeness (QED) is 0.491. The molecule has 0 aliphatic carbocycles. The molecule has 0 saturated carbocycles. The van der Waals surface area contributed by atoms with Crippen molar-refractivity contribution in [3.8, 4) is 0 Å². The van der Waals surface area contributed by atoms with Crippen LogP contribution in [0.25, 0.3) is 0 Å². The maximum absolute atomic E-state index is 5.70. The van der Waals surface area contributed by atoms with Gasteiger partial charge in [0.25, 0.3) is 0 Å². The van der Waals surface area contributed by atoms with E-state index in [9.17, 15) is 0 Å². The first-order chi connectivity index (χ1) is 5.39. The maximum Gasteiger partial charge on any atom is 0.459 e. The van der Waals surface area contributed by atoms with Gasteiger partial charge < -0.3 is 9.31 Å². The van der Waals surface area contributed by atoms with Crippen LogP contribution in [-0.4, -0.2) is 24.2 Å². The smallest absolute Gasteiger partial charge is 0.403 e. The van der Waals surface area contributed by atoms with Gasteiger partial charge in [-0.3, -0.25) is 0 Å². The maximum atomic E-state index is 5.70. The molecule has 1 aliphatic heterocycles. The van der Waals surface area contributed by atoms with Crippen molar-refractivity contribution in [2.45, 2.75) is 45.2 Å². The van der Waals surface area contributed by atoms with Gasteiger partial charge in [-0.1, -0.05) is 0 Å². The van der Waals surface area contributed by atoms with Crippen LogP contribution in [0.3, 0.4) is 0 Å². The lowest BCUT2D eigenvalue weighted by Gasteiger charge is -2.32. The van der Waals surface area contributed by atoms with E-state index in [-0.39, 0.29) is 18.3 Å². The van der Waals surface area contributed by atoms with Crippen molar-refractivity contribution in [1.82, 2.24) is 0 Å². The van der Waals surface area contributed by atoms with Gasteiger partial charge in [-0.15, -0.1) is 11.6 Å². The first-order valence-corrected chi connectivity index (χ1v) is 4.84. The van der Waals surface area contributed by atoms with Crippen LogP contribution in [-0.2, 0) is 9.31 Å². The van der Waals surface area contributed by atoms with E-state index >= 15 is 0 Å². The van der Waals surface area contributed by atoms with Crippen LogP contribution in [0.15, 0.2) is 0 Å². The van der Waals surface area contributed by atoms with Crippen molar-refractivity contribution in [3.05, 3.63) is 0 Å². The molecule has 1 heterocycles. The number of alkyl halides is 1. The predicted octanol–water partition coefficient (Wildman–Crippen LogP) is 2.32. The van der Waals surface area contributed by atoms with Crippen LogP contribution in [0.5, 0.6) is 0 Å². The Labute approximate surface area is 79.7 Å². The Balaban J connectivity index is 2.61. The van der Waals surface area contributed by atoms with E-state index < -0.39 is 0 Å². The van der Waals surface area contributed by atoms with Crippen molar-refractivity contribution in [2.75, 3.05) is 5.88 Å². The summed E-state index contributed by atoms with van der Waals surface area (Å²) in [6, 6.07) is 0. The topological polar surface area (TPSA) is 18.5 Å². The highest BCUT2D eigenvalue weighted by atomic mass is 35.5. The van der Waals surface area contributed by atoms with E-state index in [0.717, 1.165) is 6.32 Å². The highest BCUT2D eigenvalue weighted by Crippen LogP contribution is 2.37. The zero-order valence-electron chi connectivity index (χ0n) is 8.19. The Morgan fingerprint density at radius 2 is 1.50 bits per heavy atom. The van der Waals surface area contributed by atoms with Gasteiger partial charge in [-0.05, 0) is 34.0 Å². The Kier molecular flexibility index (Phi) is 2.77. The van der Waals surface area contributed by atoms with Crippen LogP contribution in [0.4, 0.5) is 0 Å². The van der Waals surface area contributed by atoms with E-state index in [1.54, 1.807) is 0 Å². The van der Waals surface area contributed by atoms with Crippen LogP contribution >= 0.6 is 11.6 Å². The highest BCUT2D eigenvalue weighted by molar-refractivity contribution is 6.47. The third-order valence-corrected chi connectivity index (χ3v) is 2.87. The molecule has 1 rings (SSSR count). The van der Waals surface area contributed by atoms with Gasteiger partial charge in [0.1, 0.15) is 0 Å². The molecule has 12 heavy (non-hydrogen) atoms. The summed E-state index contributed by atoms with van der Waals surface area (Å²) in [5.41, 5.74) is -0.437. The average molecular weight is 190 g/mol. The summed E-state index contributed by atoms with van der Waals surface area (Å²) >= 11 is 5.61. The van der Waals surface area contributed by atoms with E-state index in [1.165, 1.54) is 0 Å². The van der Waals surface area contributed by atoms with Crippen LogP contribution in [0.1, 0.15) is 27.7 Å². The van der Waals surface area contributed by atoms with E-state index in [0.29, 0.717) is 5.88 Å². The summed E-state index contributed by atoms with van der Waals surface area (Å²) < 4.78 is 11.4. The summed E-state index contributed by atoms with van der Waals surface area (Å²) in [4.78, 5) is 0. The molecular formula is C8H16BClO2. The Hall–Kier alpha value is 0.275. The number of rotatable bonds is 2. The molecule has 1 aliphatic rings. The second kappa shape index (κ2) is 3.20. The molecule has 0 aromatic carbocycles. The van der Waals surface area contributed by atoms with Gasteiger partial charge >= 0.3 is 7.12 Å². The van der Waals surface area contributed by atoms with Crippen LogP contribution < -0.4 is 0 Å². The van der Waals surface area contributed by atoms with Gasteiger partial charge in [0.05, 0.1) is 11.2 Å². The zero-order valence-corrected chi connectivity index (χ0v) is 8.94. The minimum atomic E-state index is -0.219. The third kappa shape index (κ3) is 1.78. The molecule has 1 fully saturated rings. The molecule has 1 saturated heterocycles. The SMILES string of the molecule is CC1(C)OB(CCCl)OC1(C)C. The summed E-state index contributed by atoms with van der Waals surface area (Å²) in [5.74, 6) is 0.580. The monoisotopic (exact) mass is 190 g/mol. The molecule has 0 unspecified atom stereocenters. The zero-order chi connectivity index (χ0) is 9.41. The molecule has 0 aromatic heterocycles. The molecule has 0 spiro atoms. The van der Waals surface area contributed by atoms with Crippen molar-refractivity contribution in [1.29, 1.82) is 0 Å². The van der Waals surface area contributed by atoms with E-state index in [1.807, 2.05) is 27.7 Å². The first kappa shape index (κ1) is 10.4. The molecule has 0 N–H and O–H groups in total. The lowest BCUT2D eigenvalue weighted by molar-refractivity contribution is 0.00578. The molecule has 0 amide bonds. The van der Waals surface area contributed by atoms with Crippen molar-refractivity contribution < 1.29 is 9.31 Å². The fraction of sp³-hybridized carbons (Fsp3) is 1.00. The third-order valence-electron chi connectivity index (χ3n) is 2.65. The summed E-state index contributed by atoms with van der Waals surface area (Å²) in [6.07, 6.45) is 0.758. The molecule has 0 atom stereocenters. The first-order valence-electron chi connectivity index (χ1n) is 4.31. The molecule has 0 radical (unpaired) electrons. The minimum Gasteiger partial charge on any atom is -0.403 e. The molecule has 4 heteroatoms. The lowest BCUT2D eigenvalue weighted by Crippen LogP contribution is -2.41. The van der Waals surface area contributed by atoms with Crippen LogP contribution in [0, 0.1) is 0 Å². The molecule has 0 bridgehead atoms. The molecule has 0 aromatic rings. The van der Waals surface area contributed by atoms with Crippen LogP contribution in [0.2, 0.25) is 6.32 Å². The summed E-state index contributed by atoms with van der Waals surface area (Å²) in [5, 5.41) is 0. The van der Waals surface area contributed by atoms with Gasteiger partial charge in [-0.2, -0.15) is 0 Å². The Bertz CT molecular complexity index is 154. The van der Waals surface area contributed by atoms with Gasteiger partial charge in [0.2, 0.25) is 0 Å². The molecular weight excluding hydrogens is 174 g/mol. The number of halogens is 1. The Morgan fingerprint density at radius 1 is 1.08 bits per heavy atom. The molecule has 70 valence electrons. The minimum absolute atomic E-state index is 0.132. The lowest BCUT2D eigenvalue weighted by atomic mass is 9.86. The summed E-state index contributed by atoms with van der Waals surface area (Å²) in [7, 11) is -0.132. The standard InChI is InChI=1S/C8H16BClO2/c1-7(2)8(3,4)12-9(11-7)5-6-10/h5-6H2,1-4H3. The second-order valence-corrected chi connectivity index (χ2v) is 4.54. The van der Waals surface area contributed by atoms with Crippen molar-refractivity contribution >= 4 is 18.7 Å². The second-order valence-electron chi connectivity index (χ2n) is 4.16. The van der Waals surface area contributed by atoms with Crippen molar-refractivity contribution in [2.24, 2.45) is 0 Å². The molecule has 2 nitrogen and oxygen atoms in total. The largest absolute Gasteiger partial charge is 0.459 e. The fourth-order valence-electron chi connectivity index (χ4n) is 1.17.